The standard InChI is InChI=1S/C18H17N3O/c1-3-13(2)20-21-17(14-9-5-4-6-10-14)19-16-12-8-7-11-15(16)18(21)22/h4-12H,3H2,1-2H3/b20-13+. The first-order valence-electron chi connectivity index (χ1n) is 7.32. The maximum absolute atomic E-state index is 12.8. The number of benzene rings is 2. The fraction of sp³-hybridized carbons (Fsp3) is 0.167. The third-order valence-electron chi connectivity index (χ3n) is 3.57. The molecule has 0 amide bonds. The Labute approximate surface area is 128 Å². The van der Waals surface area contributed by atoms with Crippen molar-refractivity contribution in [2.75, 3.05) is 0 Å². The van der Waals surface area contributed by atoms with Crippen LogP contribution in [0.25, 0.3) is 22.3 Å². The summed E-state index contributed by atoms with van der Waals surface area (Å²) in [6, 6.07) is 17.0. The van der Waals surface area contributed by atoms with Gasteiger partial charge in [0.2, 0.25) is 0 Å². The summed E-state index contributed by atoms with van der Waals surface area (Å²) in [5, 5.41) is 5.04. The number of nitrogens with zero attached hydrogens (tertiary/aromatic N) is 3. The fourth-order valence-electron chi connectivity index (χ4n) is 2.23. The van der Waals surface area contributed by atoms with Gasteiger partial charge in [-0.25, -0.2) is 4.98 Å². The third-order valence-corrected chi connectivity index (χ3v) is 3.57. The van der Waals surface area contributed by atoms with Gasteiger partial charge in [-0.15, -0.1) is 0 Å². The van der Waals surface area contributed by atoms with Crippen molar-refractivity contribution in [1.29, 1.82) is 0 Å². The average Bonchev–Trinajstić information content (AvgIpc) is 2.58. The van der Waals surface area contributed by atoms with Gasteiger partial charge in [0.15, 0.2) is 5.82 Å². The molecule has 0 saturated carbocycles. The maximum atomic E-state index is 12.8. The van der Waals surface area contributed by atoms with E-state index >= 15 is 0 Å². The van der Waals surface area contributed by atoms with E-state index in [-0.39, 0.29) is 5.56 Å². The van der Waals surface area contributed by atoms with Crippen LogP contribution in [0.5, 0.6) is 0 Å². The van der Waals surface area contributed by atoms with Gasteiger partial charge in [0.25, 0.3) is 5.56 Å². The van der Waals surface area contributed by atoms with Gasteiger partial charge in [-0.2, -0.15) is 9.78 Å². The molecule has 4 nitrogen and oxygen atoms in total. The van der Waals surface area contributed by atoms with Crippen LogP contribution in [0.15, 0.2) is 64.5 Å². The molecule has 0 N–H and O–H groups in total. The van der Waals surface area contributed by atoms with Crippen molar-refractivity contribution in [1.82, 2.24) is 9.66 Å². The van der Waals surface area contributed by atoms with E-state index in [4.69, 9.17) is 0 Å². The summed E-state index contributed by atoms with van der Waals surface area (Å²) >= 11 is 0. The normalized spacial score (nSPS) is 11.8. The van der Waals surface area contributed by atoms with Crippen molar-refractivity contribution in [3.8, 4) is 11.4 Å². The molecule has 0 fully saturated rings. The van der Waals surface area contributed by atoms with E-state index in [0.717, 1.165) is 17.7 Å². The summed E-state index contributed by atoms with van der Waals surface area (Å²) in [4.78, 5) is 17.4. The second kappa shape index (κ2) is 5.93. The van der Waals surface area contributed by atoms with E-state index in [0.29, 0.717) is 16.7 Å². The molecule has 0 atom stereocenters. The molecule has 0 saturated heterocycles. The molecule has 3 rings (SSSR count). The summed E-state index contributed by atoms with van der Waals surface area (Å²) in [5.74, 6) is 0.567. The van der Waals surface area contributed by atoms with Crippen molar-refractivity contribution in [3.05, 3.63) is 65.0 Å². The zero-order valence-electron chi connectivity index (χ0n) is 12.7. The molecular weight excluding hydrogens is 274 g/mol. The molecule has 0 unspecified atom stereocenters. The Morgan fingerprint density at radius 2 is 1.77 bits per heavy atom. The predicted octanol–water partition coefficient (Wildman–Crippen LogP) is 3.70. The number of aromatic nitrogens is 2. The Balaban J connectivity index is 2.38. The molecule has 0 aliphatic carbocycles. The summed E-state index contributed by atoms with van der Waals surface area (Å²) < 4.78 is 1.41. The molecule has 3 aromatic rings. The topological polar surface area (TPSA) is 47.2 Å². The summed E-state index contributed by atoms with van der Waals surface area (Å²) in [6.45, 7) is 3.93. The van der Waals surface area contributed by atoms with Crippen LogP contribution in [0.3, 0.4) is 0 Å². The molecule has 0 radical (unpaired) electrons. The Bertz CT molecular complexity index is 895. The number of hydrogen-bond donors (Lipinski definition) is 0. The first kappa shape index (κ1) is 14.2. The zero-order chi connectivity index (χ0) is 15.5. The lowest BCUT2D eigenvalue weighted by Crippen LogP contribution is -2.21. The highest BCUT2D eigenvalue weighted by molar-refractivity contribution is 5.83. The lowest BCUT2D eigenvalue weighted by Gasteiger charge is -2.10. The first-order chi connectivity index (χ1) is 10.7. The number of rotatable bonds is 3. The third kappa shape index (κ3) is 2.55. The van der Waals surface area contributed by atoms with Crippen LogP contribution in [0, 0.1) is 0 Å². The molecule has 110 valence electrons. The van der Waals surface area contributed by atoms with Crippen LogP contribution in [-0.2, 0) is 0 Å². The van der Waals surface area contributed by atoms with E-state index in [2.05, 4.69) is 10.1 Å². The van der Waals surface area contributed by atoms with Gasteiger partial charge in [-0.05, 0) is 25.5 Å². The van der Waals surface area contributed by atoms with Crippen LogP contribution in [0.2, 0.25) is 0 Å². The number of fused-ring (bicyclic) bond motifs is 1. The summed E-state index contributed by atoms with van der Waals surface area (Å²) in [6.07, 6.45) is 0.785. The van der Waals surface area contributed by atoms with Crippen LogP contribution in [-0.4, -0.2) is 15.4 Å². The number of hydrogen-bond acceptors (Lipinski definition) is 3. The maximum Gasteiger partial charge on any atom is 0.282 e. The SMILES string of the molecule is CC/C(C)=N/n1c(-c2ccccc2)nc2ccccc2c1=O. The quantitative estimate of drug-likeness (QED) is 0.691. The molecule has 0 aliphatic rings. The molecule has 0 aliphatic heterocycles. The Kier molecular flexibility index (Phi) is 3.83. The first-order valence-corrected chi connectivity index (χ1v) is 7.32. The number of para-hydroxylation sites is 1. The van der Waals surface area contributed by atoms with Crippen LogP contribution in [0.4, 0.5) is 0 Å². The lowest BCUT2D eigenvalue weighted by atomic mass is 10.2. The zero-order valence-corrected chi connectivity index (χ0v) is 12.7. The Hall–Kier alpha value is -2.75. The van der Waals surface area contributed by atoms with Crippen molar-refractivity contribution in [2.45, 2.75) is 20.3 Å². The molecular formula is C18H17N3O. The highest BCUT2D eigenvalue weighted by Gasteiger charge is 2.12. The van der Waals surface area contributed by atoms with E-state index in [1.54, 1.807) is 6.07 Å². The fourth-order valence-corrected chi connectivity index (χ4v) is 2.23. The smallest absolute Gasteiger partial charge is 0.267 e. The molecule has 1 heterocycles. The monoisotopic (exact) mass is 291 g/mol. The molecule has 0 spiro atoms. The van der Waals surface area contributed by atoms with Gasteiger partial charge >= 0.3 is 0 Å². The highest BCUT2D eigenvalue weighted by atomic mass is 16.1. The minimum Gasteiger partial charge on any atom is -0.267 e. The average molecular weight is 291 g/mol. The van der Waals surface area contributed by atoms with Crippen molar-refractivity contribution < 1.29 is 0 Å². The lowest BCUT2D eigenvalue weighted by molar-refractivity contribution is 0.817. The van der Waals surface area contributed by atoms with E-state index in [9.17, 15) is 4.79 Å². The predicted molar refractivity (Wildman–Crippen MR) is 90.2 cm³/mol. The molecule has 0 bridgehead atoms. The van der Waals surface area contributed by atoms with Gasteiger partial charge in [0, 0.05) is 11.3 Å². The molecule has 22 heavy (non-hydrogen) atoms. The highest BCUT2D eigenvalue weighted by Crippen LogP contribution is 2.18. The summed E-state index contributed by atoms with van der Waals surface area (Å²) in [7, 11) is 0. The molecule has 2 aromatic carbocycles. The molecule has 4 heteroatoms. The van der Waals surface area contributed by atoms with Gasteiger partial charge in [0.1, 0.15) is 0 Å². The van der Waals surface area contributed by atoms with E-state index < -0.39 is 0 Å². The second-order valence-electron chi connectivity index (χ2n) is 5.12. The Morgan fingerprint density at radius 3 is 2.50 bits per heavy atom. The van der Waals surface area contributed by atoms with Crippen molar-refractivity contribution in [3.63, 3.8) is 0 Å². The minimum absolute atomic E-state index is 0.141. The van der Waals surface area contributed by atoms with Gasteiger partial charge in [0.05, 0.1) is 10.9 Å². The second-order valence-corrected chi connectivity index (χ2v) is 5.12. The Morgan fingerprint density at radius 1 is 1.09 bits per heavy atom. The van der Waals surface area contributed by atoms with Gasteiger partial charge in [-0.3, -0.25) is 4.79 Å². The largest absolute Gasteiger partial charge is 0.282 e. The van der Waals surface area contributed by atoms with Gasteiger partial charge < -0.3 is 0 Å². The van der Waals surface area contributed by atoms with Crippen LogP contribution >= 0.6 is 0 Å². The van der Waals surface area contributed by atoms with E-state index in [1.165, 1.54) is 4.68 Å². The summed E-state index contributed by atoms with van der Waals surface area (Å²) in [5.41, 5.74) is 2.30. The van der Waals surface area contributed by atoms with Gasteiger partial charge in [-0.1, -0.05) is 49.4 Å². The minimum atomic E-state index is -0.141. The van der Waals surface area contributed by atoms with Crippen LogP contribution < -0.4 is 5.56 Å². The van der Waals surface area contributed by atoms with Crippen LogP contribution in [0.1, 0.15) is 20.3 Å². The van der Waals surface area contributed by atoms with Crippen molar-refractivity contribution in [2.24, 2.45) is 5.10 Å². The van der Waals surface area contributed by atoms with E-state index in [1.807, 2.05) is 62.4 Å². The van der Waals surface area contributed by atoms with Crippen molar-refractivity contribution >= 4 is 16.6 Å². The molecule has 1 aromatic heterocycles.